The van der Waals surface area contributed by atoms with Gasteiger partial charge in [0.15, 0.2) is 0 Å². The minimum Gasteiger partial charge on any atom is -0.396 e. The number of carbonyl (C=O) groups is 3. The van der Waals surface area contributed by atoms with Crippen LogP contribution in [-0.2, 0) is 19.1 Å². The van der Waals surface area contributed by atoms with E-state index >= 15 is 0 Å². The van der Waals surface area contributed by atoms with Gasteiger partial charge in [-0.3, -0.25) is 14.4 Å². The fourth-order valence-electron chi connectivity index (χ4n) is 6.68. The maximum absolute atomic E-state index is 14.0. The van der Waals surface area contributed by atoms with Gasteiger partial charge < -0.3 is 25.4 Å². The minimum atomic E-state index is -0.994. The monoisotopic (exact) mass is 499 g/mol. The Balaban J connectivity index is 1.62. The molecule has 198 valence electrons. The number of aliphatic hydroxyl groups is 1. The van der Waals surface area contributed by atoms with E-state index in [1.165, 1.54) is 0 Å². The number of carbonyl (C=O) groups excluding carboxylic acids is 3. The number of rotatable bonds is 12. The molecular formula is C28H41N3O5. The third-order valence-electron chi connectivity index (χ3n) is 8.27. The van der Waals surface area contributed by atoms with Crippen molar-refractivity contribution in [1.29, 1.82) is 0 Å². The minimum absolute atomic E-state index is 0.00850. The summed E-state index contributed by atoms with van der Waals surface area (Å²) in [5.74, 6) is -1.92. The van der Waals surface area contributed by atoms with Crippen LogP contribution in [0.4, 0.5) is 5.69 Å². The molecule has 0 saturated carbocycles. The molecule has 36 heavy (non-hydrogen) atoms. The molecule has 2 bridgehead atoms. The molecule has 6 atom stereocenters. The molecule has 3 saturated heterocycles. The van der Waals surface area contributed by atoms with Gasteiger partial charge >= 0.3 is 0 Å². The first-order valence-corrected chi connectivity index (χ1v) is 13.5. The van der Waals surface area contributed by atoms with Crippen molar-refractivity contribution >= 4 is 23.4 Å². The lowest BCUT2D eigenvalue weighted by Gasteiger charge is -2.34. The van der Waals surface area contributed by atoms with Gasteiger partial charge in [0.05, 0.1) is 17.4 Å². The standard InChI is InChI=1S/C28H41N3O5/c1-4-12-19(2)29-25(34)23-28-16-15-27(3,36-28)21(24(33)30-20-13-8-7-9-14-20)22(28)26(35)31(23)17-10-5-6-11-18-32/h7-9,13-14,19,21-23,32H,4-6,10-12,15-18H2,1-3H3,(H,29,34)(H,30,33)/t19?,21-,22+,23?,27+,28?/m1/s1. The Labute approximate surface area is 214 Å². The number of anilines is 1. The Bertz CT molecular complexity index is 956. The number of nitrogens with one attached hydrogen (secondary N) is 2. The summed E-state index contributed by atoms with van der Waals surface area (Å²) < 4.78 is 6.65. The molecule has 1 spiro atoms. The lowest BCUT2D eigenvalue weighted by atomic mass is 9.66. The summed E-state index contributed by atoms with van der Waals surface area (Å²) in [5.41, 5.74) is -1.11. The Hall–Kier alpha value is -2.45. The molecule has 1 aromatic carbocycles. The molecule has 3 unspecified atom stereocenters. The van der Waals surface area contributed by atoms with Crippen LogP contribution in [0.1, 0.15) is 72.1 Å². The lowest BCUT2D eigenvalue weighted by molar-refractivity contribution is -0.145. The van der Waals surface area contributed by atoms with Gasteiger partial charge in [-0.25, -0.2) is 0 Å². The zero-order valence-electron chi connectivity index (χ0n) is 21.8. The van der Waals surface area contributed by atoms with Gasteiger partial charge in [0.2, 0.25) is 17.7 Å². The SMILES string of the molecule is CCCC(C)NC(=O)C1N(CCCCCCO)C(=O)[C@@H]2[C@H](C(=O)Nc3ccccc3)[C@]3(C)CCC12O3. The molecule has 3 aliphatic rings. The molecule has 3 N–H and O–H groups in total. The highest BCUT2D eigenvalue weighted by Crippen LogP contribution is 2.63. The number of likely N-dealkylation sites (tertiary alicyclic amines) is 1. The van der Waals surface area contributed by atoms with Gasteiger partial charge in [-0.15, -0.1) is 0 Å². The van der Waals surface area contributed by atoms with Crippen molar-refractivity contribution in [1.82, 2.24) is 10.2 Å². The van der Waals surface area contributed by atoms with Crippen LogP contribution in [0.3, 0.4) is 0 Å². The van der Waals surface area contributed by atoms with E-state index in [1.807, 2.05) is 44.2 Å². The fraction of sp³-hybridized carbons (Fsp3) is 0.679. The Morgan fingerprint density at radius 2 is 1.86 bits per heavy atom. The van der Waals surface area contributed by atoms with Crippen molar-refractivity contribution in [3.05, 3.63) is 30.3 Å². The van der Waals surface area contributed by atoms with Gasteiger partial charge in [0.25, 0.3) is 0 Å². The van der Waals surface area contributed by atoms with Crippen LogP contribution in [0.2, 0.25) is 0 Å². The summed E-state index contributed by atoms with van der Waals surface area (Å²) in [5, 5.41) is 15.2. The van der Waals surface area contributed by atoms with Crippen LogP contribution in [0.15, 0.2) is 30.3 Å². The van der Waals surface area contributed by atoms with E-state index in [0.29, 0.717) is 25.1 Å². The first kappa shape index (κ1) is 26.6. The molecule has 3 amide bonds. The van der Waals surface area contributed by atoms with E-state index in [2.05, 4.69) is 17.6 Å². The van der Waals surface area contributed by atoms with Crippen LogP contribution in [-0.4, -0.2) is 64.2 Å². The average Bonchev–Trinajstić information content (AvgIpc) is 3.40. The van der Waals surface area contributed by atoms with Gasteiger partial charge in [-0.1, -0.05) is 44.4 Å². The maximum Gasteiger partial charge on any atom is 0.246 e. The van der Waals surface area contributed by atoms with Crippen LogP contribution in [0.5, 0.6) is 0 Å². The van der Waals surface area contributed by atoms with Crippen LogP contribution in [0, 0.1) is 11.8 Å². The normalized spacial score (nSPS) is 31.4. The molecule has 0 aliphatic carbocycles. The number of hydrogen-bond acceptors (Lipinski definition) is 5. The summed E-state index contributed by atoms with van der Waals surface area (Å²) in [4.78, 5) is 42.9. The smallest absolute Gasteiger partial charge is 0.246 e. The predicted molar refractivity (Wildman–Crippen MR) is 137 cm³/mol. The Kier molecular flexibility index (Phi) is 8.05. The van der Waals surface area contributed by atoms with Crippen LogP contribution in [0.25, 0.3) is 0 Å². The van der Waals surface area contributed by atoms with Crippen molar-refractivity contribution in [2.45, 2.75) is 95.4 Å². The molecule has 0 radical (unpaired) electrons. The number of hydrogen-bond donors (Lipinski definition) is 3. The number of para-hydroxylation sites is 1. The highest BCUT2D eigenvalue weighted by Gasteiger charge is 2.77. The summed E-state index contributed by atoms with van der Waals surface area (Å²) in [6, 6.07) is 8.48. The lowest BCUT2D eigenvalue weighted by Crippen LogP contribution is -2.56. The highest BCUT2D eigenvalue weighted by molar-refractivity contribution is 6.02. The molecule has 0 aromatic heterocycles. The average molecular weight is 500 g/mol. The van der Waals surface area contributed by atoms with E-state index < -0.39 is 29.1 Å². The van der Waals surface area contributed by atoms with E-state index in [1.54, 1.807) is 4.90 Å². The van der Waals surface area contributed by atoms with Gasteiger partial charge in [0.1, 0.15) is 11.6 Å². The zero-order chi connectivity index (χ0) is 25.9. The molecule has 4 rings (SSSR count). The molecule has 1 aromatic rings. The fourth-order valence-corrected chi connectivity index (χ4v) is 6.68. The van der Waals surface area contributed by atoms with E-state index in [-0.39, 0.29) is 30.4 Å². The molecule has 3 fully saturated rings. The first-order valence-electron chi connectivity index (χ1n) is 13.5. The quantitative estimate of drug-likeness (QED) is 0.383. The summed E-state index contributed by atoms with van der Waals surface area (Å²) in [7, 11) is 0. The van der Waals surface area contributed by atoms with Crippen LogP contribution >= 0.6 is 0 Å². The summed E-state index contributed by atoms with van der Waals surface area (Å²) >= 11 is 0. The number of benzene rings is 1. The molecule has 8 nitrogen and oxygen atoms in total. The second kappa shape index (κ2) is 10.9. The predicted octanol–water partition coefficient (Wildman–Crippen LogP) is 3.25. The first-order chi connectivity index (χ1) is 17.3. The van der Waals surface area contributed by atoms with E-state index in [4.69, 9.17) is 9.84 Å². The number of amides is 3. The van der Waals surface area contributed by atoms with Crippen molar-refractivity contribution < 1.29 is 24.2 Å². The number of aliphatic hydroxyl groups excluding tert-OH is 1. The largest absolute Gasteiger partial charge is 0.396 e. The zero-order valence-corrected chi connectivity index (χ0v) is 21.8. The third kappa shape index (κ3) is 4.77. The maximum atomic E-state index is 14.0. The van der Waals surface area contributed by atoms with Crippen molar-refractivity contribution in [3.8, 4) is 0 Å². The Morgan fingerprint density at radius 3 is 2.56 bits per heavy atom. The van der Waals surface area contributed by atoms with Gasteiger partial charge in [0, 0.05) is 24.9 Å². The molecule has 3 aliphatic heterocycles. The van der Waals surface area contributed by atoms with Gasteiger partial charge in [-0.2, -0.15) is 0 Å². The summed E-state index contributed by atoms with van der Waals surface area (Å²) in [6.45, 7) is 6.57. The van der Waals surface area contributed by atoms with Crippen molar-refractivity contribution in [3.63, 3.8) is 0 Å². The third-order valence-corrected chi connectivity index (χ3v) is 8.27. The van der Waals surface area contributed by atoms with Crippen molar-refractivity contribution in [2.24, 2.45) is 11.8 Å². The number of nitrogens with zero attached hydrogens (tertiary/aromatic N) is 1. The highest BCUT2D eigenvalue weighted by atomic mass is 16.5. The number of fused-ring (bicyclic) bond motifs is 1. The number of ether oxygens (including phenoxy) is 1. The second-order valence-corrected chi connectivity index (χ2v) is 11.0. The van der Waals surface area contributed by atoms with Crippen molar-refractivity contribution in [2.75, 3.05) is 18.5 Å². The second-order valence-electron chi connectivity index (χ2n) is 11.0. The topological polar surface area (TPSA) is 108 Å². The molecule has 8 heteroatoms. The summed E-state index contributed by atoms with van der Waals surface area (Å²) in [6.07, 6.45) is 6.20. The van der Waals surface area contributed by atoms with Crippen LogP contribution < -0.4 is 10.6 Å². The molecule has 3 heterocycles. The van der Waals surface area contributed by atoms with Gasteiger partial charge in [-0.05, 0) is 58.1 Å². The van der Waals surface area contributed by atoms with E-state index in [9.17, 15) is 14.4 Å². The Morgan fingerprint density at radius 1 is 1.14 bits per heavy atom. The number of unbranched alkanes of at least 4 members (excludes halogenated alkanes) is 3. The molecular weight excluding hydrogens is 458 g/mol. The van der Waals surface area contributed by atoms with E-state index in [0.717, 1.165) is 38.5 Å².